The monoisotopic (exact) mass is 246 g/mol. The maximum Gasteiger partial charge on any atom is 0.135 e. The van der Waals surface area contributed by atoms with Crippen molar-refractivity contribution in [2.24, 2.45) is 0 Å². The van der Waals surface area contributed by atoms with Crippen LogP contribution < -0.4 is 0 Å². The van der Waals surface area contributed by atoms with E-state index in [1.165, 1.54) is 17.4 Å². The lowest BCUT2D eigenvalue weighted by atomic mass is 10.1. The Labute approximate surface area is 112 Å². The zero-order chi connectivity index (χ0) is 14.1. The van der Waals surface area contributed by atoms with Gasteiger partial charge in [0.1, 0.15) is 11.3 Å². The van der Waals surface area contributed by atoms with Crippen LogP contribution in [0.15, 0.2) is 35.3 Å². The van der Waals surface area contributed by atoms with Crippen LogP contribution in [-0.4, -0.2) is 0 Å². The molecule has 1 heteroatoms. The molecule has 0 atom stereocenters. The van der Waals surface area contributed by atoms with Crippen LogP contribution in [0.1, 0.15) is 52.4 Å². The van der Waals surface area contributed by atoms with Gasteiger partial charge in [0, 0.05) is 10.9 Å². The molecule has 1 nitrogen and oxygen atoms in total. The third-order valence-electron chi connectivity index (χ3n) is 2.23. The van der Waals surface area contributed by atoms with Crippen LogP contribution in [0.2, 0.25) is 0 Å². The van der Waals surface area contributed by atoms with Gasteiger partial charge in [-0.1, -0.05) is 58.9 Å². The van der Waals surface area contributed by atoms with E-state index in [4.69, 9.17) is 4.42 Å². The van der Waals surface area contributed by atoms with Crippen molar-refractivity contribution in [1.82, 2.24) is 0 Å². The van der Waals surface area contributed by atoms with E-state index >= 15 is 0 Å². The van der Waals surface area contributed by atoms with E-state index in [2.05, 4.69) is 33.4 Å². The molecule has 1 aromatic carbocycles. The zero-order valence-corrected chi connectivity index (χ0v) is 12.6. The number of hydrogen-bond acceptors (Lipinski definition) is 1. The van der Waals surface area contributed by atoms with Crippen LogP contribution >= 0.6 is 0 Å². The first kappa shape index (κ1) is 16.5. The zero-order valence-electron chi connectivity index (χ0n) is 12.6. The minimum atomic E-state index is 0.918. The van der Waals surface area contributed by atoms with Crippen molar-refractivity contribution in [3.05, 3.63) is 42.2 Å². The summed E-state index contributed by atoms with van der Waals surface area (Å²) in [6.07, 6.45) is 1.25. The first-order valence-corrected chi connectivity index (χ1v) is 6.75. The van der Waals surface area contributed by atoms with E-state index in [1.807, 2.05) is 39.0 Å². The molecule has 1 heterocycles. The molecule has 0 aliphatic heterocycles. The average Bonchev–Trinajstić information content (AvgIpc) is 2.71. The van der Waals surface area contributed by atoms with E-state index in [0.717, 1.165) is 16.9 Å². The molecule has 0 aliphatic carbocycles. The number of furan rings is 1. The largest absolute Gasteiger partial charge is 0.456 e. The lowest BCUT2D eigenvalue weighted by molar-refractivity contribution is 0.596. The van der Waals surface area contributed by atoms with Gasteiger partial charge in [-0.3, -0.25) is 0 Å². The molecule has 0 saturated heterocycles. The number of hydrogen-bond donors (Lipinski definition) is 0. The van der Waals surface area contributed by atoms with E-state index in [-0.39, 0.29) is 0 Å². The Balaban J connectivity index is 0.000000509. The number of rotatable bonds is 1. The second-order valence-electron chi connectivity index (χ2n) is 4.04. The van der Waals surface area contributed by atoms with Gasteiger partial charge in [-0.05, 0) is 25.5 Å². The van der Waals surface area contributed by atoms with Crippen LogP contribution in [0.3, 0.4) is 0 Å². The Morgan fingerprint density at radius 1 is 1.17 bits per heavy atom. The molecule has 0 saturated carbocycles. The number of aryl methyl sites for hydroxylation is 1. The Morgan fingerprint density at radius 2 is 1.67 bits per heavy atom. The molecule has 0 aliphatic rings. The molecule has 1 aromatic heterocycles. The molecule has 0 radical (unpaired) electrons. The molecule has 2 aromatic rings. The van der Waals surface area contributed by atoms with E-state index in [9.17, 15) is 0 Å². The van der Waals surface area contributed by atoms with E-state index in [0.29, 0.717) is 0 Å². The maximum atomic E-state index is 5.66. The van der Waals surface area contributed by atoms with Crippen LogP contribution in [0.4, 0.5) is 0 Å². The van der Waals surface area contributed by atoms with Gasteiger partial charge in [0.05, 0.1) is 0 Å². The molecule has 0 amide bonds. The van der Waals surface area contributed by atoms with Crippen LogP contribution in [0, 0.1) is 6.92 Å². The van der Waals surface area contributed by atoms with Crippen molar-refractivity contribution in [3.63, 3.8) is 0 Å². The van der Waals surface area contributed by atoms with Gasteiger partial charge in [-0.15, -0.1) is 0 Å². The van der Waals surface area contributed by atoms with Crippen molar-refractivity contribution >= 4 is 16.5 Å². The summed E-state index contributed by atoms with van der Waals surface area (Å²) >= 11 is 0. The summed E-state index contributed by atoms with van der Waals surface area (Å²) in [5.74, 6) is 0.918. The highest BCUT2D eigenvalue weighted by molar-refractivity contribution is 5.85. The number of para-hydroxylation sites is 1. The fourth-order valence-corrected chi connectivity index (χ4v) is 1.58. The van der Waals surface area contributed by atoms with Crippen molar-refractivity contribution < 1.29 is 4.42 Å². The first-order valence-electron chi connectivity index (χ1n) is 6.75. The molecule has 0 spiro atoms. The molecule has 0 N–H and O–H groups in total. The fourth-order valence-electron chi connectivity index (χ4n) is 1.58. The summed E-state index contributed by atoms with van der Waals surface area (Å²) in [6, 6.07) is 8.05. The quantitative estimate of drug-likeness (QED) is 0.582. The number of benzene rings is 1. The van der Waals surface area contributed by atoms with Gasteiger partial charge in [0.15, 0.2) is 0 Å². The van der Waals surface area contributed by atoms with Crippen LogP contribution in [0.25, 0.3) is 16.5 Å². The van der Waals surface area contributed by atoms with Crippen LogP contribution in [0.5, 0.6) is 0 Å². The van der Waals surface area contributed by atoms with Crippen LogP contribution in [-0.2, 0) is 0 Å². The van der Waals surface area contributed by atoms with E-state index in [1.54, 1.807) is 0 Å². The third-order valence-corrected chi connectivity index (χ3v) is 2.23. The summed E-state index contributed by atoms with van der Waals surface area (Å²) in [7, 11) is 0. The SMILES string of the molecule is C=C(C)c1oc2ccccc2c1C.CC.CCC. The minimum Gasteiger partial charge on any atom is -0.456 e. The molecule has 18 heavy (non-hydrogen) atoms. The Hall–Kier alpha value is -1.50. The smallest absolute Gasteiger partial charge is 0.135 e. The Kier molecular flexibility index (Phi) is 7.86. The fraction of sp³-hybridized carbons (Fsp3) is 0.412. The number of allylic oxidation sites excluding steroid dienone is 1. The second kappa shape index (κ2) is 8.57. The van der Waals surface area contributed by atoms with Gasteiger partial charge in [0.25, 0.3) is 0 Å². The molecule has 0 fully saturated rings. The molecule has 0 bridgehead atoms. The lowest BCUT2D eigenvalue weighted by Gasteiger charge is -1.93. The number of fused-ring (bicyclic) bond motifs is 1. The van der Waals surface area contributed by atoms with Crippen molar-refractivity contribution in [2.75, 3.05) is 0 Å². The van der Waals surface area contributed by atoms with Gasteiger partial charge in [-0.2, -0.15) is 0 Å². The summed E-state index contributed by atoms with van der Waals surface area (Å²) in [5, 5.41) is 1.18. The first-order chi connectivity index (χ1) is 8.61. The molecule has 100 valence electrons. The lowest BCUT2D eigenvalue weighted by Crippen LogP contribution is -1.75. The second-order valence-corrected chi connectivity index (χ2v) is 4.04. The highest BCUT2D eigenvalue weighted by Crippen LogP contribution is 2.28. The summed E-state index contributed by atoms with van der Waals surface area (Å²) in [6.45, 7) is 16.2. The average molecular weight is 246 g/mol. The Morgan fingerprint density at radius 3 is 2.11 bits per heavy atom. The van der Waals surface area contributed by atoms with Crippen molar-refractivity contribution in [1.29, 1.82) is 0 Å². The van der Waals surface area contributed by atoms with Gasteiger partial charge in [0.2, 0.25) is 0 Å². The molecule has 2 rings (SSSR count). The van der Waals surface area contributed by atoms with Crippen molar-refractivity contribution in [3.8, 4) is 0 Å². The van der Waals surface area contributed by atoms with Crippen molar-refractivity contribution in [2.45, 2.75) is 48.0 Å². The standard InChI is InChI=1S/C12H12O.C3H8.C2H6/c1-8(2)12-9(3)10-6-4-5-7-11(10)13-12;1-3-2;1-2/h4-7H,1H2,2-3H3;3H2,1-2H3;1-2H3. The Bertz CT molecular complexity index is 477. The van der Waals surface area contributed by atoms with Gasteiger partial charge in [-0.25, -0.2) is 0 Å². The molecular formula is C17H26O. The highest BCUT2D eigenvalue weighted by atomic mass is 16.3. The summed E-state index contributed by atoms with van der Waals surface area (Å²) in [4.78, 5) is 0. The van der Waals surface area contributed by atoms with Gasteiger partial charge >= 0.3 is 0 Å². The molecule has 0 unspecified atom stereocenters. The topological polar surface area (TPSA) is 13.1 Å². The summed E-state index contributed by atoms with van der Waals surface area (Å²) in [5.41, 5.74) is 3.11. The minimum absolute atomic E-state index is 0.918. The van der Waals surface area contributed by atoms with Gasteiger partial charge < -0.3 is 4.42 Å². The maximum absolute atomic E-state index is 5.66. The normalized spacial score (nSPS) is 9.00. The predicted octanol–water partition coefficient (Wildman–Crippen LogP) is 6.22. The third kappa shape index (κ3) is 4.06. The van der Waals surface area contributed by atoms with E-state index < -0.39 is 0 Å². The summed E-state index contributed by atoms with van der Waals surface area (Å²) < 4.78 is 5.66. The predicted molar refractivity (Wildman–Crippen MR) is 83.0 cm³/mol. The highest BCUT2D eigenvalue weighted by Gasteiger charge is 2.09. The molecular weight excluding hydrogens is 220 g/mol.